The van der Waals surface area contributed by atoms with E-state index in [-0.39, 0.29) is 0 Å². The normalized spacial score (nSPS) is 11.2. The molecule has 0 radical (unpaired) electrons. The third kappa shape index (κ3) is 6.61. The Kier molecular flexibility index (Phi) is 8.58. The fraction of sp³-hybridized carbons (Fsp3) is 0.333. The van der Waals surface area contributed by atoms with E-state index in [1.165, 1.54) is 52.8 Å². The average molecular weight is 405 g/mol. The molecule has 0 atom stereocenters. The minimum absolute atomic E-state index is 0.652. The molecule has 0 amide bonds. The van der Waals surface area contributed by atoms with E-state index < -0.39 is 0 Å². The monoisotopic (exact) mass is 404 g/mol. The molecule has 0 spiro atoms. The van der Waals surface area contributed by atoms with Crippen molar-refractivity contribution in [3.8, 4) is 26.6 Å². The molecule has 0 aliphatic carbocycles. The highest BCUT2D eigenvalue weighted by atomic mass is 32.1. The third-order valence-corrected chi connectivity index (χ3v) is 6.09. The Hall–Kier alpha value is -2.32. The zero-order valence-electron chi connectivity index (χ0n) is 17.7. The molecular weight excluding hydrogens is 372 g/mol. The van der Waals surface area contributed by atoms with Gasteiger partial charge in [-0.1, -0.05) is 105 Å². The van der Waals surface area contributed by atoms with Crippen LogP contribution in [0.1, 0.15) is 51.5 Å². The Bertz CT molecular complexity index is 872. The van der Waals surface area contributed by atoms with Crippen LogP contribution in [0.5, 0.6) is 5.06 Å². The summed E-state index contributed by atoms with van der Waals surface area (Å²) >= 11 is 1.71. The van der Waals surface area contributed by atoms with Gasteiger partial charge in [0.2, 0.25) is 0 Å². The van der Waals surface area contributed by atoms with Crippen LogP contribution < -0.4 is 4.74 Å². The van der Waals surface area contributed by atoms with Crippen LogP contribution in [0.3, 0.4) is 0 Å². The summed E-state index contributed by atoms with van der Waals surface area (Å²) in [4.78, 5) is 1.25. The summed E-state index contributed by atoms with van der Waals surface area (Å²) in [5, 5.41) is 0.980. The lowest BCUT2D eigenvalue weighted by Crippen LogP contribution is -1.90. The highest BCUT2D eigenvalue weighted by molar-refractivity contribution is 7.17. The van der Waals surface area contributed by atoms with E-state index >= 15 is 0 Å². The first-order chi connectivity index (χ1) is 14.3. The lowest BCUT2D eigenvalue weighted by Gasteiger charge is -2.05. The van der Waals surface area contributed by atoms with E-state index in [1.54, 1.807) is 11.3 Å². The van der Waals surface area contributed by atoms with Crippen molar-refractivity contribution >= 4 is 11.3 Å². The number of hydrogen-bond acceptors (Lipinski definition) is 2. The molecule has 0 bridgehead atoms. The summed E-state index contributed by atoms with van der Waals surface area (Å²) in [5.74, 6) is 0. The molecule has 0 saturated carbocycles. The first-order valence-corrected chi connectivity index (χ1v) is 11.7. The van der Waals surface area contributed by atoms with E-state index in [4.69, 9.17) is 4.74 Å². The number of aryl methyl sites for hydroxylation is 1. The minimum Gasteiger partial charge on any atom is -0.480 e. The van der Waals surface area contributed by atoms with Gasteiger partial charge >= 0.3 is 0 Å². The first kappa shape index (κ1) is 21.4. The minimum atomic E-state index is 0.652. The predicted octanol–water partition coefficient (Wildman–Crippen LogP) is 8.55. The van der Waals surface area contributed by atoms with Crippen molar-refractivity contribution < 1.29 is 4.74 Å². The topological polar surface area (TPSA) is 9.23 Å². The van der Waals surface area contributed by atoms with Gasteiger partial charge in [-0.2, -0.15) is 0 Å². The molecule has 152 valence electrons. The number of allylic oxidation sites excluding steroid dienone is 1. The van der Waals surface area contributed by atoms with Crippen molar-refractivity contribution in [2.75, 3.05) is 6.61 Å². The number of rotatable bonds is 11. The maximum atomic E-state index is 5.87. The van der Waals surface area contributed by atoms with Gasteiger partial charge in [0.1, 0.15) is 6.61 Å². The quantitative estimate of drug-likeness (QED) is 0.230. The van der Waals surface area contributed by atoms with E-state index in [2.05, 4.69) is 86.7 Å². The fourth-order valence-electron chi connectivity index (χ4n) is 3.36. The highest BCUT2D eigenvalue weighted by Gasteiger charge is 2.05. The average Bonchev–Trinajstić information content (AvgIpc) is 3.23. The summed E-state index contributed by atoms with van der Waals surface area (Å²) in [7, 11) is 0. The van der Waals surface area contributed by atoms with Crippen molar-refractivity contribution in [3.05, 3.63) is 78.4 Å². The van der Waals surface area contributed by atoms with Gasteiger partial charge in [0, 0.05) is 4.88 Å². The molecule has 29 heavy (non-hydrogen) atoms. The molecule has 1 aromatic heterocycles. The molecule has 0 fully saturated rings. The molecule has 0 aliphatic rings. The second-order valence-electron chi connectivity index (χ2n) is 7.42. The van der Waals surface area contributed by atoms with Gasteiger partial charge in [0.05, 0.1) is 0 Å². The van der Waals surface area contributed by atoms with E-state index in [0.717, 1.165) is 17.9 Å². The fourth-order valence-corrected chi connectivity index (χ4v) is 4.23. The maximum Gasteiger partial charge on any atom is 0.174 e. The number of thiophene rings is 1. The standard InChI is InChI=1S/C27H32OS/c1-3-5-6-7-8-9-21-28-27-20-19-26(29-27)25-17-15-24(16-18-25)23-13-11-22(10-4-2)12-14-23/h8-9,11-20H,3-7,10,21H2,1-2H3. The molecular formula is C27H32OS. The summed E-state index contributed by atoms with van der Waals surface area (Å²) in [6.45, 7) is 5.11. The lowest BCUT2D eigenvalue weighted by atomic mass is 10.0. The summed E-state index contributed by atoms with van der Waals surface area (Å²) in [6.07, 6.45) is 11.7. The molecule has 3 aromatic rings. The van der Waals surface area contributed by atoms with Crippen molar-refractivity contribution in [2.45, 2.75) is 52.4 Å². The Morgan fingerprint density at radius 2 is 1.41 bits per heavy atom. The van der Waals surface area contributed by atoms with Crippen LogP contribution in [-0.4, -0.2) is 6.61 Å². The second kappa shape index (κ2) is 11.6. The third-order valence-electron chi connectivity index (χ3n) is 5.04. The van der Waals surface area contributed by atoms with E-state index in [1.807, 2.05) is 0 Å². The molecule has 0 saturated heterocycles. The molecule has 1 heterocycles. The Labute approximate surface area is 180 Å². The SMILES string of the molecule is CCCCCC=CCOc1ccc(-c2ccc(-c3ccc(CCC)cc3)cc2)s1. The van der Waals surface area contributed by atoms with Crippen LogP contribution in [0.25, 0.3) is 21.6 Å². The molecule has 1 nitrogen and oxygen atoms in total. The van der Waals surface area contributed by atoms with Gasteiger partial charge in [0.15, 0.2) is 5.06 Å². The van der Waals surface area contributed by atoms with Crippen molar-refractivity contribution in [1.82, 2.24) is 0 Å². The van der Waals surface area contributed by atoms with Gasteiger partial charge in [-0.25, -0.2) is 0 Å². The van der Waals surface area contributed by atoms with Crippen molar-refractivity contribution in [2.24, 2.45) is 0 Å². The molecule has 0 aliphatic heterocycles. The Balaban J connectivity index is 1.55. The van der Waals surface area contributed by atoms with Crippen LogP contribution in [0.4, 0.5) is 0 Å². The van der Waals surface area contributed by atoms with Gasteiger partial charge in [0.25, 0.3) is 0 Å². The van der Waals surface area contributed by atoms with Gasteiger partial charge in [-0.15, -0.1) is 0 Å². The van der Waals surface area contributed by atoms with Gasteiger partial charge in [-0.05, 0) is 53.6 Å². The number of benzene rings is 2. The van der Waals surface area contributed by atoms with Gasteiger partial charge in [-0.3, -0.25) is 0 Å². The highest BCUT2D eigenvalue weighted by Crippen LogP contribution is 2.34. The molecule has 0 unspecified atom stereocenters. The van der Waals surface area contributed by atoms with Crippen molar-refractivity contribution in [3.63, 3.8) is 0 Å². The Morgan fingerprint density at radius 1 is 0.724 bits per heavy atom. The second-order valence-corrected chi connectivity index (χ2v) is 8.47. The predicted molar refractivity (Wildman–Crippen MR) is 128 cm³/mol. The number of hydrogen-bond donors (Lipinski definition) is 0. The smallest absolute Gasteiger partial charge is 0.174 e. The van der Waals surface area contributed by atoms with Gasteiger partial charge < -0.3 is 4.74 Å². The Morgan fingerprint density at radius 3 is 2.10 bits per heavy atom. The largest absolute Gasteiger partial charge is 0.480 e. The summed E-state index contributed by atoms with van der Waals surface area (Å²) in [6, 6.07) is 22.0. The van der Waals surface area contributed by atoms with Crippen LogP contribution in [0.2, 0.25) is 0 Å². The van der Waals surface area contributed by atoms with Crippen LogP contribution in [0, 0.1) is 0 Å². The van der Waals surface area contributed by atoms with Crippen LogP contribution in [0.15, 0.2) is 72.8 Å². The van der Waals surface area contributed by atoms with Crippen LogP contribution in [-0.2, 0) is 6.42 Å². The number of ether oxygens (including phenoxy) is 1. The zero-order valence-corrected chi connectivity index (χ0v) is 18.5. The maximum absolute atomic E-state index is 5.87. The van der Waals surface area contributed by atoms with Crippen LogP contribution >= 0.6 is 11.3 Å². The molecule has 3 rings (SSSR count). The molecule has 2 heteroatoms. The summed E-state index contributed by atoms with van der Waals surface area (Å²) < 4.78 is 5.87. The molecule has 2 aromatic carbocycles. The van der Waals surface area contributed by atoms with Crippen molar-refractivity contribution in [1.29, 1.82) is 0 Å². The van der Waals surface area contributed by atoms with E-state index in [9.17, 15) is 0 Å². The van der Waals surface area contributed by atoms with E-state index in [0.29, 0.717) is 6.61 Å². The lowest BCUT2D eigenvalue weighted by molar-refractivity contribution is 0.373. The first-order valence-electron chi connectivity index (χ1n) is 10.9. The molecule has 0 N–H and O–H groups in total. The number of unbranched alkanes of at least 4 members (excludes halogenated alkanes) is 3. The summed E-state index contributed by atoms with van der Waals surface area (Å²) in [5.41, 5.74) is 5.19. The zero-order chi connectivity index (χ0) is 20.3.